The highest BCUT2D eigenvalue weighted by molar-refractivity contribution is 7.89. The van der Waals surface area contributed by atoms with Crippen molar-refractivity contribution in [2.75, 3.05) is 42.5 Å². The Morgan fingerprint density at radius 3 is 2.51 bits per heavy atom. The second-order valence-corrected chi connectivity index (χ2v) is 14.7. The van der Waals surface area contributed by atoms with Crippen LogP contribution >= 0.6 is 11.3 Å². The van der Waals surface area contributed by atoms with Crippen molar-refractivity contribution in [3.05, 3.63) is 59.6 Å². The number of benzene rings is 1. The van der Waals surface area contributed by atoms with Crippen molar-refractivity contribution >= 4 is 44.7 Å². The first-order valence-electron chi connectivity index (χ1n) is 14.9. The molecular weight excluding hydrogens is 587 g/mol. The van der Waals surface area contributed by atoms with Gasteiger partial charge in [0.25, 0.3) is 0 Å². The average molecular weight is 624 g/mol. The fourth-order valence-corrected chi connectivity index (χ4v) is 8.95. The van der Waals surface area contributed by atoms with E-state index < -0.39 is 27.9 Å². The van der Waals surface area contributed by atoms with Gasteiger partial charge in [-0.15, -0.1) is 11.3 Å². The second-order valence-electron chi connectivity index (χ2n) is 11.7. The minimum atomic E-state index is -4.02. The first kappa shape index (κ1) is 29.7. The van der Waals surface area contributed by atoms with Crippen LogP contribution in [-0.2, 0) is 14.8 Å². The van der Waals surface area contributed by atoms with Gasteiger partial charge in [0, 0.05) is 43.3 Å². The Hall–Kier alpha value is -3.32. The number of carboxylic acid groups (broad SMARTS) is 1. The van der Waals surface area contributed by atoms with Gasteiger partial charge < -0.3 is 20.2 Å². The van der Waals surface area contributed by atoms with Crippen LogP contribution in [0.4, 0.5) is 11.5 Å². The van der Waals surface area contributed by atoms with Crippen molar-refractivity contribution in [1.29, 1.82) is 0 Å². The van der Waals surface area contributed by atoms with Crippen LogP contribution in [0.3, 0.4) is 0 Å². The van der Waals surface area contributed by atoms with Crippen LogP contribution in [0, 0.1) is 5.92 Å². The van der Waals surface area contributed by atoms with Crippen LogP contribution in [-0.4, -0.2) is 79.5 Å². The monoisotopic (exact) mass is 623 g/mol. The van der Waals surface area contributed by atoms with Gasteiger partial charge in [0.1, 0.15) is 15.6 Å². The number of anilines is 2. The quantitative estimate of drug-likeness (QED) is 0.400. The van der Waals surface area contributed by atoms with Crippen LogP contribution in [0.25, 0.3) is 10.4 Å². The molecule has 1 amide bonds. The topological polar surface area (TPSA) is 123 Å². The molecule has 1 aromatic carbocycles. The number of carbonyl (C=O) groups is 2. The summed E-state index contributed by atoms with van der Waals surface area (Å²) in [6, 6.07) is 14.4. The number of nitrogens with zero attached hydrogens (tertiary/aromatic N) is 4. The Balaban J connectivity index is 1.32. The number of amides is 1. The van der Waals surface area contributed by atoms with E-state index in [0.717, 1.165) is 79.3 Å². The standard InChI is InChI=1S/C31H37N5O5S2/c1-21-18-34(15-14-32-21)28-13-12-24(17-33-28)43(40,41)35-19-26(22-8-4-2-5-9-22)36(29(37)20-35)25-16-27(42-30(25)31(38)39)23-10-6-3-7-11-23/h3,6-7,10-13,16-17,21-22,26,32H,2,4-5,8-9,14-15,18-20H2,1H3,(H,38,39)/t21-,26+/m1/s1. The van der Waals surface area contributed by atoms with Gasteiger partial charge in [-0.05, 0) is 49.4 Å². The third-order valence-corrected chi connectivity index (χ3v) is 11.7. The Labute approximate surface area is 256 Å². The molecule has 2 saturated heterocycles. The first-order valence-corrected chi connectivity index (χ1v) is 17.2. The molecule has 4 heterocycles. The van der Waals surface area contributed by atoms with E-state index in [-0.39, 0.29) is 28.8 Å². The molecule has 43 heavy (non-hydrogen) atoms. The Bertz CT molecular complexity index is 1570. The molecule has 2 N–H and O–H groups in total. The van der Waals surface area contributed by atoms with Crippen molar-refractivity contribution in [2.24, 2.45) is 5.92 Å². The van der Waals surface area contributed by atoms with Gasteiger partial charge >= 0.3 is 5.97 Å². The van der Waals surface area contributed by atoms with Gasteiger partial charge in [0.05, 0.1) is 18.3 Å². The fraction of sp³-hybridized carbons (Fsp3) is 0.452. The normalized spacial score (nSPS) is 22.6. The Morgan fingerprint density at radius 2 is 1.84 bits per heavy atom. The van der Waals surface area contributed by atoms with E-state index >= 15 is 0 Å². The number of thiophene rings is 1. The number of hydrogen-bond acceptors (Lipinski definition) is 8. The minimum Gasteiger partial charge on any atom is -0.477 e. The lowest BCUT2D eigenvalue weighted by molar-refractivity contribution is -0.121. The van der Waals surface area contributed by atoms with Crippen molar-refractivity contribution in [1.82, 2.24) is 14.6 Å². The van der Waals surface area contributed by atoms with E-state index in [1.807, 2.05) is 30.3 Å². The van der Waals surface area contributed by atoms with E-state index in [1.54, 1.807) is 23.1 Å². The molecule has 3 fully saturated rings. The number of sulfonamides is 1. The van der Waals surface area contributed by atoms with E-state index in [4.69, 9.17) is 0 Å². The maximum Gasteiger partial charge on any atom is 0.348 e. The van der Waals surface area contributed by atoms with Crippen LogP contribution in [0.1, 0.15) is 48.7 Å². The summed E-state index contributed by atoms with van der Waals surface area (Å²) in [5, 5.41) is 13.5. The second kappa shape index (κ2) is 12.4. The lowest BCUT2D eigenvalue weighted by Gasteiger charge is -2.44. The molecule has 0 radical (unpaired) electrons. The van der Waals surface area contributed by atoms with Crippen molar-refractivity contribution < 1.29 is 23.1 Å². The third-order valence-electron chi connectivity index (χ3n) is 8.77. The fourth-order valence-electron chi connectivity index (χ4n) is 6.60. The molecule has 0 spiro atoms. The zero-order valence-corrected chi connectivity index (χ0v) is 25.8. The first-order chi connectivity index (χ1) is 20.7. The van der Waals surface area contributed by atoms with E-state index in [9.17, 15) is 23.1 Å². The summed E-state index contributed by atoms with van der Waals surface area (Å²) in [4.78, 5) is 35.5. The predicted octanol–water partition coefficient (Wildman–Crippen LogP) is 4.29. The van der Waals surface area contributed by atoms with E-state index in [0.29, 0.717) is 11.7 Å². The zero-order valence-electron chi connectivity index (χ0n) is 24.2. The molecule has 0 bridgehead atoms. The maximum atomic E-state index is 14.0. The molecule has 3 aromatic rings. The Kier molecular flexibility index (Phi) is 8.54. The zero-order chi connectivity index (χ0) is 30.1. The highest BCUT2D eigenvalue weighted by Crippen LogP contribution is 2.42. The summed E-state index contributed by atoms with van der Waals surface area (Å²) in [6.45, 7) is 4.24. The number of rotatable bonds is 7. The van der Waals surface area contributed by atoms with E-state index in [1.165, 1.54) is 10.5 Å². The molecule has 10 nitrogen and oxygen atoms in total. The van der Waals surface area contributed by atoms with E-state index in [2.05, 4.69) is 22.1 Å². The molecule has 6 rings (SSSR count). The lowest BCUT2D eigenvalue weighted by Crippen LogP contribution is -2.60. The molecular formula is C31H37N5O5S2. The molecule has 0 unspecified atom stereocenters. The lowest BCUT2D eigenvalue weighted by atomic mass is 9.82. The van der Waals surface area contributed by atoms with Gasteiger partial charge in [-0.3, -0.25) is 4.79 Å². The summed E-state index contributed by atoms with van der Waals surface area (Å²) in [6.07, 6.45) is 6.20. The van der Waals surface area contributed by atoms with Crippen LogP contribution in [0.5, 0.6) is 0 Å². The molecule has 2 aliphatic heterocycles. The molecule has 1 saturated carbocycles. The molecule has 228 valence electrons. The predicted molar refractivity (Wildman–Crippen MR) is 167 cm³/mol. The van der Waals surface area contributed by atoms with Crippen molar-refractivity contribution in [2.45, 2.75) is 56.0 Å². The summed E-state index contributed by atoms with van der Waals surface area (Å²) < 4.78 is 29.1. The maximum absolute atomic E-state index is 14.0. The van der Waals surface area contributed by atoms with Crippen molar-refractivity contribution in [3.8, 4) is 10.4 Å². The van der Waals surface area contributed by atoms with Crippen LogP contribution < -0.4 is 15.1 Å². The smallest absolute Gasteiger partial charge is 0.348 e. The van der Waals surface area contributed by atoms with Crippen LogP contribution in [0.2, 0.25) is 0 Å². The molecule has 3 aliphatic rings. The molecule has 2 atom stereocenters. The summed E-state index contributed by atoms with van der Waals surface area (Å²) in [5.74, 6) is -0.726. The number of nitrogens with one attached hydrogen (secondary N) is 1. The number of aromatic nitrogens is 1. The SMILES string of the molecule is C[C@@H]1CN(c2ccc(S(=O)(=O)N3CC(=O)N(c4cc(-c5ccccc5)sc4C(=O)O)[C@H](C4CCCCC4)C3)cn2)CCN1. The number of hydrogen-bond donors (Lipinski definition) is 2. The highest BCUT2D eigenvalue weighted by atomic mass is 32.2. The van der Waals surface area contributed by atoms with Crippen LogP contribution in [0.15, 0.2) is 59.6 Å². The largest absolute Gasteiger partial charge is 0.477 e. The van der Waals surface area contributed by atoms with Gasteiger partial charge in [-0.1, -0.05) is 49.6 Å². The average Bonchev–Trinajstić information content (AvgIpc) is 3.47. The highest BCUT2D eigenvalue weighted by Gasteiger charge is 2.44. The summed E-state index contributed by atoms with van der Waals surface area (Å²) in [5.41, 5.74) is 1.22. The third kappa shape index (κ3) is 6.06. The minimum absolute atomic E-state index is 0.0520. The van der Waals surface area contributed by atoms with Gasteiger partial charge in [0.2, 0.25) is 15.9 Å². The number of carboxylic acids is 1. The molecule has 1 aliphatic carbocycles. The summed E-state index contributed by atoms with van der Waals surface area (Å²) in [7, 11) is -4.02. The van der Waals surface area contributed by atoms with Gasteiger partial charge in [-0.25, -0.2) is 18.2 Å². The number of pyridine rings is 1. The van der Waals surface area contributed by atoms with Gasteiger partial charge in [-0.2, -0.15) is 4.31 Å². The number of piperazine rings is 2. The summed E-state index contributed by atoms with van der Waals surface area (Å²) >= 11 is 1.14. The van der Waals surface area contributed by atoms with Crippen molar-refractivity contribution in [3.63, 3.8) is 0 Å². The number of carbonyl (C=O) groups excluding carboxylic acids is 1. The Morgan fingerprint density at radius 1 is 1.07 bits per heavy atom. The van der Waals surface area contributed by atoms with Gasteiger partial charge in [0.15, 0.2) is 0 Å². The number of aromatic carboxylic acids is 1. The molecule has 12 heteroatoms. The molecule has 2 aromatic heterocycles.